The molecule has 3 atom stereocenters. The first kappa shape index (κ1) is 19.3. The Kier molecular flexibility index (Phi) is 6.04. The van der Waals surface area contributed by atoms with Crippen LogP contribution in [0.15, 0.2) is 35.5 Å². The Balaban J connectivity index is 1.89. The van der Waals surface area contributed by atoms with E-state index in [1.807, 2.05) is 31.2 Å². The fraction of sp³-hybridized carbons (Fsp3) is 0.524. The lowest BCUT2D eigenvalue weighted by Gasteiger charge is -2.31. The van der Waals surface area contributed by atoms with Gasteiger partial charge in [-0.3, -0.25) is 0 Å². The number of allylic oxidation sites excluding steroid dienone is 1. The summed E-state index contributed by atoms with van der Waals surface area (Å²) in [6, 6.07) is 6.50. The molecule has 0 radical (unpaired) electrons. The van der Waals surface area contributed by atoms with Crippen molar-refractivity contribution < 1.29 is 19.1 Å². The van der Waals surface area contributed by atoms with Crippen LogP contribution < -0.4 is 15.4 Å². The van der Waals surface area contributed by atoms with Gasteiger partial charge in [-0.1, -0.05) is 31.5 Å². The van der Waals surface area contributed by atoms with Gasteiger partial charge in [0, 0.05) is 11.3 Å². The van der Waals surface area contributed by atoms with E-state index in [1.54, 1.807) is 6.92 Å². The number of para-hydroxylation sites is 1. The van der Waals surface area contributed by atoms with Crippen LogP contribution in [0.4, 0.5) is 4.79 Å². The minimum Gasteiger partial charge on any atom is -0.494 e. The first-order valence-corrected chi connectivity index (χ1v) is 9.70. The molecule has 0 saturated heterocycles. The second kappa shape index (κ2) is 8.46. The Morgan fingerprint density at radius 3 is 2.78 bits per heavy atom. The van der Waals surface area contributed by atoms with Crippen molar-refractivity contribution in [2.24, 2.45) is 5.92 Å². The van der Waals surface area contributed by atoms with E-state index in [4.69, 9.17) is 9.47 Å². The molecule has 1 aliphatic carbocycles. The lowest BCUT2D eigenvalue weighted by atomic mass is 9.88. The topological polar surface area (TPSA) is 76.7 Å². The van der Waals surface area contributed by atoms with Gasteiger partial charge in [-0.25, -0.2) is 9.59 Å². The standard InChI is InChI=1S/C21H28N2O4/c1-4-26-17-11-6-5-10-16(17)19-18(14(3)22-21(25)23-19)20(24)27-15-9-7-8-13(2)12-15/h5-6,10-11,13,15,19H,4,7-9,12H2,1-3H3,(H2,22,23,25). The third-order valence-corrected chi connectivity index (χ3v) is 5.18. The number of carbonyl (C=O) groups is 2. The summed E-state index contributed by atoms with van der Waals surface area (Å²) in [5.74, 6) is 0.831. The fourth-order valence-corrected chi connectivity index (χ4v) is 3.90. The Labute approximate surface area is 160 Å². The smallest absolute Gasteiger partial charge is 0.338 e. The molecule has 0 aromatic heterocycles. The molecule has 0 bridgehead atoms. The summed E-state index contributed by atoms with van der Waals surface area (Å²) in [7, 11) is 0. The average molecular weight is 372 g/mol. The van der Waals surface area contributed by atoms with Crippen LogP contribution in [0.5, 0.6) is 5.75 Å². The van der Waals surface area contributed by atoms with Gasteiger partial charge in [0.1, 0.15) is 11.9 Å². The number of nitrogens with one attached hydrogen (secondary N) is 2. The third kappa shape index (κ3) is 4.43. The van der Waals surface area contributed by atoms with Gasteiger partial charge in [-0.15, -0.1) is 0 Å². The number of hydrogen-bond acceptors (Lipinski definition) is 4. The maximum absolute atomic E-state index is 13.0. The van der Waals surface area contributed by atoms with Crippen molar-refractivity contribution in [2.45, 2.75) is 58.6 Å². The van der Waals surface area contributed by atoms with E-state index in [0.29, 0.717) is 29.5 Å². The summed E-state index contributed by atoms with van der Waals surface area (Å²) in [4.78, 5) is 25.1. The molecular weight excluding hydrogens is 344 g/mol. The Morgan fingerprint density at radius 1 is 1.26 bits per heavy atom. The van der Waals surface area contributed by atoms with E-state index in [1.165, 1.54) is 6.42 Å². The van der Waals surface area contributed by atoms with Crippen LogP contribution in [0.1, 0.15) is 58.1 Å². The van der Waals surface area contributed by atoms with Gasteiger partial charge < -0.3 is 20.1 Å². The number of esters is 1. The maximum Gasteiger partial charge on any atom is 0.338 e. The van der Waals surface area contributed by atoms with Crippen molar-refractivity contribution in [1.29, 1.82) is 0 Å². The molecule has 1 aromatic carbocycles. The van der Waals surface area contributed by atoms with Crippen LogP contribution in [0, 0.1) is 5.92 Å². The van der Waals surface area contributed by atoms with Crippen molar-refractivity contribution in [2.75, 3.05) is 6.61 Å². The second-order valence-corrected chi connectivity index (χ2v) is 7.34. The molecule has 1 fully saturated rings. The van der Waals surface area contributed by atoms with Gasteiger partial charge in [0.05, 0.1) is 18.2 Å². The summed E-state index contributed by atoms with van der Waals surface area (Å²) in [5.41, 5.74) is 1.70. The molecule has 2 aliphatic rings. The van der Waals surface area contributed by atoms with Gasteiger partial charge in [-0.2, -0.15) is 0 Å². The first-order chi connectivity index (χ1) is 13.0. The van der Waals surface area contributed by atoms with Crippen molar-refractivity contribution in [3.05, 3.63) is 41.1 Å². The number of rotatable bonds is 5. The lowest BCUT2D eigenvalue weighted by molar-refractivity contribution is -0.146. The van der Waals surface area contributed by atoms with E-state index in [0.717, 1.165) is 24.8 Å². The molecule has 1 saturated carbocycles. The lowest BCUT2D eigenvalue weighted by Crippen LogP contribution is -2.45. The highest BCUT2D eigenvalue weighted by Gasteiger charge is 2.35. The van der Waals surface area contributed by atoms with Crippen molar-refractivity contribution in [1.82, 2.24) is 10.6 Å². The number of urea groups is 1. The molecule has 6 heteroatoms. The van der Waals surface area contributed by atoms with E-state index < -0.39 is 6.04 Å². The van der Waals surface area contributed by atoms with Crippen LogP contribution >= 0.6 is 0 Å². The SMILES string of the molecule is CCOc1ccccc1C1NC(=O)NC(C)=C1C(=O)OC1CCCC(C)C1. The van der Waals surface area contributed by atoms with Crippen LogP contribution in [0.3, 0.4) is 0 Å². The molecule has 3 unspecified atom stereocenters. The summed E-state index contributed by atoms with van der Waals surface area (Å²) in [6.45, 7) is 6.32. The van der Waals surface area contributed by atoms with Crippen LogP contribution in [0.25, 0.3) is 0 Å². The number of ether oxygens (including phenoxy) is 2. The van der Waals surface area contributed by atoms with E-state index in [9.17, 15) is 9.59 Å². The molecular formula is C21H28N2O4. The largest absolute Gasteiger partial charge is 0.494 e. The minimum atomic E-state index is -0.602. The van der Waals surface area contributed by atoms with Crippen LogP contribution in [-0.4, -0.2) is 24.7 Å². The Morgan fingerprint density at radius 2 is 2.04 bits per heavy atom. The minimum absolute atomic E-state index is 0.0676. The van der Waals surface area contributed by atoms with Gasteiger partial charge in [0.2, 0.25) is 0 Å². The average Bonchev–Trinajstić information content (AvgIpc) is 2.61. The first-order valence-electron chi connectivity index (χ1n) is 9.70. The quantitative estimate of drug-likeness (QED) is 0.770. The molecule has 3 rings (SSSR count). The molecule has 1 heterocycles. The monoisotopic (exact) mass is 372 g/mol. The van der Waals surface area contributed by atoms with Crippen molar-refractivity contribution >= 4 is 12.0 Å². The highest BCUT2D eigenvalue weighted by Crippen LogP contribution is 2.34. The van der Waals surface area contributed by atoms with Crippen LogP contribution in [0.2, 0.25) is 0 Å². The second-order valence-electron chi connectivity index (χ2n) is 7.34. The molecule has 146 valence electrons. The number of carbonyl (C=O) groups excluding carboxylic acids is 2. The fourth-order valence-electron chi connectivity index (χ4n) is 3.90. The van der Waals surface area contributed by atoms with E-state index >= 15 is 0 Å². The van der Waals surface area contributed by atoms with Gasteiger partial charge in [-0.05, 0) is 45.1 Å². The summed E-state index contributed by atoms with van der Waals surface area (Å²) in [6.07, 6.45) is 3.96. The van der Waals surface area contributed by atoms with E-state index in [-0.39, 0.29) is 18.1 Å². The molecule has 2 N–H and O–H groups in total. The molecule has 0 spiro atoms. The Bertz CT molecular complexity index is 743. The zero-order valence-corrected chi connectivity index (χ0v) is 16.2. The van der Waals surface area contributed by atoms with E-state index in [2.05, 4.69) is 17.6 Å². The number of benzene rings is 1. The number of amides is 2. The molecule has 1 aliphatic heterocycles. The zero-order chi connectivity index (χ0) is 19.4. The summed E-state index contributed by atoms with van der Waals surface area (Å²) in [5, 5.41) is 5.55. The Hall–Kier alpha value is -2.50. The molecule has 1 aromatic rings. The van der Waals surface area contributed by atoms with Crippen LogP contribution in [-0.2, 0) is 9.53 Å². The molecule has 2 amide bonds. The normalized spacial score (nSPS) is 25.4. The molecule has 27 heavy (non-hydrogen) atoms. The maximum atomic E-state index is 13.0. The zero-order valence-electron chi connectivity index (χ0n) is 16.2. The highest BCUT2D eigenvalue weighted by molar-refractivity contribution is 5.95. The molecule has 6 nitrogen and oxygen atoms in total. The van der Waals surface area contributed by atoms with Gasteiger partial charge in [0.25, 0.3) is 0 Å². The third-order valence-electron chi connectivity index (χ3n) is 5.18. The van der Waals surface area contributed by atoms with Crippen molar-refractivity contribution in [3.63, 3.8) is 0 Å². The summed E-state index contributed by atoms with van der Waals surface area (Å²) >= 11 is 0. The predicted molar refractivity (Wildman–Crippen MR) is 102 cm³/mol. The summed E-state index contributed by atoms with van der Waals surface area (Å²) < 4.78 is 11.5. The van der Waals surface area contributed by atoms with Gasteiger partial charge >= 0.3 is 12.0 Å². The van der Waals surface area contributed by atoms with Gasteiger partial charge in [0.15, 0.2) is 0 Å². The predicted octanol–water partition coefficient (Wildman–Crippen LogP) is 3.84. The van der Waals surface area contributed by atoms with Crippen molar-refractivity contribution in [3.8, 4) is 5.75 Å². The number of hydrogen-bond donors (Lipinski definition) is 2. The highest BCUT2D eigenvalue weighted by atomic mass is 16.5.